The van der Waals surface area contributed by atoms with Crippen molar-refractivity contribution in [3.63, 3.8) is 0 Å². The van der Waals surface area contributed by atoms with Crippen molar-refractivity contribution in [2.75, 3.05) is 18.9 Å². The molecule has 0 bridgehead atoms. The highest BCUT2D eigenvalue weighted by Crippen LogP contribution is 2.13. The molecule has 1 aromatic heterocycles. The van der Waals surface area contributed by atoms with E-state index in [4.69, 9.17) is 4.74 Å². The molecule has 2 rings (SSSR count). The number of halogens is 1. The second-order valence-corrected chi connectivity index (χ2v) is 8.20. The van der Waals surface area contributed by atoms with Gasteiger partial charge in [0.2, 0.25) is 0 Å². The SMILES string of the molecule is CN=C(NCCc1ccc(NC(=O)OC(C)(C)C)cc1)NCc1c(C)nn(C)c1C.I. The number of aryl methyl sites for hydroxylation is 2. The smallest absolute Gasteiger partial charge is 0.412 e. The molecule has 172 valence electrons. The first kappa shape index (κ1) is 26.7. The number of rotatable bonds is 6. The maximum absolute atomic E-state index is 11.8. The molecule has 0 atom stereocenters. The van der Waals surface area contributed by atoms with Crippen LogP contribution in [0.25, 0.3) is 0 Å². The van der Waals surface area contributed by atoms with Gasteiger partial charge in [-0.15, -0.1) is 24.0 Å². The minimum absolute atomic E-state index is 0. The lowest BCUT2D eigenvalue weighted by Crippen LogP contribution is -2.38. The average molecular weight is 542 g/mol. The summed E-state index contributed by atoms with van der Waals surface area (Å²) in [5, 5.41) is 13.8. The zero-order valence-corrected chi connectivity index (χ0v) is 21.8. The van der Waals surface area contributed by atoms with Gasteiger partial charge in [0.25, 0.3) is 0 Å². The third-order valence-electron chi connectivity index (χ3n) is 4.62. The highest BCUT2D eigenvalue weighted by Gasteiger charge is 2.16. The first-order valence-electron chi connectivity index (χ1n) is 10.1. The minimum atomic E-state index is -0.517. The molecular weight excluding hydrogens is 507 g/mol. The fourth-order valence-electron chi connectivity index (χ4n) is 2.97. The second-order valence-electron chi connectivity index (χ2n) is 8.20. The van der Waals surface area contributed by atoms with Crippen molar-refractivity contribution < 1.29 is 9.53 Å². The van der Waals surface area contributed by atoms with Crippen molar-refractivity contribution in [2.45, 2.75) is 53.2 Å². The predicted octanol–water partition coefficient (Wildman–Crippen LogP) is 3.91. The number of carbonyl (C=O) groups excluding carboxylic acids is 1. The van der Waals surface area contributed by atoms with Crippen LogP contribution in [0.5, 0.6) is 0 Å². The Morgan fingerprint density at radius 2 is 1.81 bits per heavy atom. The Balaban J connectivity index is 0.00000480. The highest BCUT2D eigenvalue weighted by molar-refractivity contribution is 14.0. The maximum Gasteiger partial charge on any atom is 0.412 e. The van der Waals surface area contributed by atoms with E-state index < -0.39 is 11.7 Å². The van der Waals surface area contributed by atoms with Crippen molar-refractivity contribution in [1.29, 1.82) is 0 Å². The fourth-order valence-corrected chi connectivity index (χ4v) is 2.97. The van der Waals surface area contributed by atoms with E-state index >= 15 is 0 Å². The lowest BCUT2D eigenvalue weighted by Gasteiger charge is -2.19. The molecule has 2 aromatic rings. The molecule has 0 spiro atoms. The number of aliphatic imine (C=N–C) groups is 1. The molecule has 1 aromatic carbocycles. The van der Waals surface area contributed by atoms with Crippen LogP contribution in [0.15, 0.2) is 29.3 Å². The van der Waals surface area contributed by atoms with Crippen LogP contribution in [0.3, 0.4) is 0 Å². The monoisotopic (exact) mass is 542 g/mol. The van der Waals surface area contributed by atoms with Gasteiger partial charge in [-0.1, -0.05) is 12.1 Å². The number of ether oxygens (including phenoxy) is 1. The normalized spacial score (nSPS) is 11.5. The van der Waals surface area contributed by atoms with Gasteiger partial charge in [-0.25, -0.2) is 4.79 Å². The molecule has 0 fully saturated rings. The molecule has 3 N–H and O–H groups in total. The number of benzene rings is 1. The number of amides is 1. The predicted molar refractivity (Wildman–Crippen MR) is 136 cm³/mol. The van der Waals surface area contributed by atoms with Crippen LogP contribution in [0.4, 0.5) is 10.5 Å². The standard InChI is InChI=1S/C22H34N6O2.HI/c1-15-19(16(2)28(7)27-15)14-25-20(23-6)24-13-12-17-8-10-18(11-9-17)26-21(29)30-22(3,4)5;/h8-11H,12-14H2,1-7H3,(H,26,29)(H2,23,24,25);1H. The van der Waals surface area contributed by atoms with Crippen molar-refractivity contribution >= 4 is 41.7 Å². The Bertz CT molecular complexity index is 885. The first-order chi connectivity index (χ1) is 14.1. The van der Waals surface area contributed by atoms with Gasteiger partial charge in [-0.3, -0.25) is 15.0 Å². The van der Waals surface area contributed by atoms with Gasteiger partial charge in [0, 0.05) is 44.1 Å². The van der Waals surface area contributed by atoms with Crippen LogP contribution >= 0.6 is 24.0 Å². The Labute approximate surface area is 202 Å². The highest BCUT2D eigenvalue weighted by atomic mass is 127. The van der Waals surface area contributed by atoms with Crippen molar-refractivity contribution in [3.8, 4) is 0 Å². The van der Waals surface area contributed by atoms with Crippen molar-refractivity contribution in [3.05, 3.63) is 46.8 Å². The van der Waals surface area contributed by atoms with Crippen molar-refractivity contribution in [2.24, 2.45) is 12.0 Å². The number of nitrogens with zero attached hydrogens (tertiary/aromatic N) is 3. The summed E-state index contributed by atoms with van der Waals surface area (Å²) in [6.45, 7) is 11.0. The molecule has 8 nitrogen and oxygen atoms in total. The average Bonchev–Trinajstić information content (AvgIpc) is 2.89. The maximum atomic E-state index is 11.8. The largest absolute Gasteiger partial charge is 0.444 e. The van der Waals surface area contributed by atoms with E-state index in [1.807, 2.05) is 63.7 Å². The summed E-state index contributed by atoms with van der Waals surface area (Å²) in [6, 6.07) is 7.74. The number of hydrogen-bond acceptors (Lipinski definition) is 4. The van der Waals surface area contributed by atoms with E-state index in [1.165, 1.54) is 5.56 Å². The van der Waals surface area contributed by atoms with Gasteiger partial charge >= 0.3 is 6.09 Å². The number of aromatic nitrogens is 2. The lowest BCUT2D eigenvalue weighted by atomic mass is 10.1. The van der Waals surface area contributed by atoms with Crippen LogP contribution in [-0.2, 0) is 24.8 Å². The molecule has 0 saturated carbocycles. The fraction of sp³-hybridized carbons (Fsp3) is 0.500. The van der Waals surface area contributed by atoms with Crippen LogP contribution < -0.4 is 16.0 Å². The van der Waals surface area contributed by atoms with Gasteiger partial charge in [-0.2, -0.15) is 5.10 Å². The minimum Gasteiger partial charge on any atom is -0.444 e. The van der Waals surface area contributed by atoms with Crippen LogP contribution in [0.1, 0.15) is 43.3 Å². The Morgan fingerprint density at radius 1 is 1.16 bits per heavy atom. The Kier molecular flexibility index (Phi) is 10.3. The molecule has 0 aliphatic heterocycles. The Hall–Kier alpha value is -2.30. The number of guanidine groups is 1. The summed E-state index contributed by atoms with van der Waals surface area (Å²) in [7, 11) is 3.71. The Morgan fingerprint density at radius 3 is 2.32 bits per heavy atom. The molecule has 0 unspecified atom stereocenters. The second kappa shape index (κ2) is 11.9. The van der Waals surface area contributed by atoms with Gasteiger partial charge in [0.15, 0.2) is 5.96 Å². The molecule has 0 aliphatic carbocycles. The van der Waals surface area contributed by atoms with Gasteiger partial charge in [0.05, 0.1) is 5.69 Å². The number of nitrogens with one attached hydrogen (secondary N) is 3. The summed E-state index contributed by atoms with van der Waals surface area (Å²) >= 11 is 0. The third kappa shape index (κ3) is 8.76. The molecule has 0 radical (unpaired) electrons. The number of anilines is 1. The van der Waals surface area contributed by atoms with Crippen LogP contribution in [0, 0.1) is 13.8 Å². The molecule has 1 heterocycles. The van der Waals surface area contributed by atoms with E-state index in [-0.39, 0.29) is 24.0 Å². The molecule has 9 heteroatoms. The van der Waals surface area contributed by atoms with E-state index in [1.54, 1.807) is 7.05 Å². The lowest BCUT2D eigenvalue weighted by molar-refractivity contribution is 0.0636. The van der Waals surface area contributed by atoms with Crippen LogP contribution in [-0.4, -0.2) is 41.0 Å². The molecular formula is C22H35IN6O2. The van der Waals surface area contributed by atoms with E-state index in [0.29, 0.717) is 12.2 Å². The summed E-state index contributed by atoms with van der Waals surface area (Å²) in [5.41, 5.74) is 4.71. The first-order valence-corrected chi connectivity index (χ1v) is 10.1. The van der Waals surface area contributed by atoms with E-state index in [0.717, 1.165) is 35.9 Å². The molecule has 0 aliphatic rings. The quantitative estimate of drug-likeness (QED) is 0.293. The van der Waals surface area contributed by atoms with Gasteiger partial charge in [-0.05, 0) is 58.7 Å². The van der Waals surface area contributed by atoms with Gasteiger partial charge in [0.1, 0.15) is 5.60 Å². The summed E-state index contributed by atoms with van der Waals surface area (Å²) in [6.07, 6.45) is 0.379. The number of carbonyl (C=O) groups is 1. The summed E-state index contributed by atoms with van der Waals surface area (Å²) in [4.78, 5) is 16.1. The van der Waals surface area contributed by atoms with Gasteiger partial charge < -0.3 is 15.4 Å². The zero-order valence-electron chi connectivity index (χ0n) is 19.5. The molecule has 1 amide bonds. The number of hydrogen-bond donors (Lipinski definition) is 3. The third-order valence-corrected chi connectivity index (χ3v) is 4.62. The molecule has 0 saturated heterocycles. The van der Waals surface area contributed by atoms with Crippen molar-refractivity contribution in [1.82, 2.24) is 20.4 Å². The zero-order chi connectivity index (χ0) is 22.3. The van der Waals surface area contributed by atoms with Crippen LogP contribution in [0.2, 0.25) is 0 Å². The molecule has 31 heavy (non-hydrogen) atoms. The van der Waals surface area contributed by atoms with E-state index in [9.17, 15) is 4.79 Å². The summed E-state index contributed by atoms with van der Waals surface area (Å²) < 4.78 is 7.15. The topological polar surface area (TPSA) is 92.6 Å². The van der Waals surface area contributed by atoms with E-state index in [2.05, 4.69) is 33.0 Å². The summed E-state index contributed by atoms with van der Waals surface area (Å²) in [5.74, 6) is 0.751.